The van der Waals surface area contributed by atoms with Crippen molar-refractivity contribution < 1.29 is 13.7 Å². The number of carbonyl (C=O) groups is 1. The lowest BCUT2D eigenvalue weighted by molar-refractivity contribution is 0.102. The van der Waals surface area contributed by atoms with Crippen LogP contribution in [0.25, 0.3) is 12.2 Å². The highest BCUT2D eigenvalue weighted by molar-refractivity contribution is 7.86. The van der Waals surface area contributed by atoms with E-state index in [0.29, 0.717) is 33.7 Å². The number of nitrogens with zero attached hydrogens (tertiary/aromatic N) is 3. The van der Waals surface area contributed by atoms with Crippen molar-refractivity contribution >= 4 is 40.8 Å². The molecule has 0 aliphatic rings. The SMILES string of the molecule is C=Cc1cc(C(=O)Nc2ccc(S(=O)Nc3nc(C)cc(OC)n3)cn2)[nH]c1C=C. The molecular weight excluding hydrogens is 404 g/mol. The zero-order valence-electron chi connectivity index (χ0n) is 16.4. The maximum Gasteiger partial charge on any atom is 0.273 e. The minimum Gasteiger partial charge on any atom is -0.481 e. The second kappa shape index (κ2) is 9.14. The van der Waals surface area contributed by atoms with Gasteiger partial charge in [-0.1, -0.05) is 19.2 Å². The number of ether oxygens (including phenoxy) is 1. The Bertz CT molecular complexity index is 1100. The minimum absolute atomic E-state index is 0.172. The average Bonchev–Trinajstić information content (AvgIpc) is 3.17. The van der Waals surface area contributed by atoms with Gasteiger partial charge < -0.3 is 15.0 Å². The van der Waals surface area contributed by atoms with Gasteiger partial charge in [-0.05, 0) is 36.8 Å². The quantitative estimate of drug-likeness (QED) is 0.510. The molecule has 0 aromatic carbocycles. The molecule has 1 amide bonds. The van der Waals surface area contributed by atoms with E-state index in [1.807, 2.05) is 0 Å². The van der Waals surface area contributed by atoms with Crippen LogP contribution in [0.3, 0.4) is 0 Å². The third-order valence-electron chi connectivity index (χ3n) is 3.96. The van der Waals surface area contributed by atoms with Gasteiger partial charge in [0.05, 0.1) is 12.0 Å². The molecule has 3 heterocycles. The van der Waals surface area contributed by atoms with Gasteiger partial charge >= 0.3 is 0 Å². The minimum atomic E-state index is -1.65. The fourth-order valence-electron chi connectivity index (χ4n) is 2.53. The topological polar surface area (TPSA) is 122 Å². The number of aromatic amines is 1. The number of carbonyl (C=O) groups excluding carboxylic acids is 1. The van der Waals surface area contributed by atoms with E-state index >= 15 is 0 Å². The molecule has 1 atom stereocenters. The van der Waals surface area contributed by atoms with Gasteiger partial charge in [-0.25, -0.2) is 14.2 Å². The summed E-state index contributed by atoms with van der Waals surface area (Å²) in [5.41, 5.74) is 2.49. The fraction of sp³-hybridized carbons (Fsp3) is 0.100. The summed E-state index contributed by atoms with van der Waals surface area (Å²) in [5.74, 6) is 0.474. The first-order valence-corrected chi connectivity index (χ1v) is 9.92. The summed E-state index contributed by atoms with van der Waals surface area (Å²) in [5, 5.41) is 2.67. The molecule has 0 bridgehead atoms. The van der Waals surface area contributed by atoms with Crippen molar-refractivity contribution in [1.29, 1.82) is 0 Å². The smallest absolute Gasteiger partial charge is 0.273 e. The Morgan fingerprint density at radius 2 is 2.03 bits per heavy atom. The van der Waals surface area contributed by atoms with E-state index in [1.54, 1.807) is 43.3 Å². The number of aromatic nitrogens is 4. The third kappa shape index (κ3) is 4.78. The van der Waals surface area contributed by atoms with Crippen LogP contribution in [0.15, 0.2) is 48.5 Å². The summed E-state index contributed by atoms with van der Waals surface area (Å²) in [6.07, 6.45) is 4.63. The van der Waals surface area contributed by atoms with Gasteiger partial charge in [0.1, 0.15) is 11.5 Å². The van der Waals surface area contributed by atoms with Crippen LogP contribution >= 0.6 is 0 Å². The van der Waals surface area contributed by atoms with Gasteiger partial charge in [-0.3, -0.25) is 9.52 Å². The first-order valence-electron chi connectivity index (χ1n) is 8.77. The van der Waals surface area contributed by atoms with Gasteiger partial charge in [0.25, 0.3) is 5.91 Å². The first kappa shape index (κ1) is 20.9. The van der Waals surface area contributed by atoms with Crippen LogP contribution in [0.4, 0.5) is 11.8 Å². The number of amides is 1. The van der Waals surface area contributed by atoms with Crippen molar-refractivity contribution in [3.63, 3.8) is 0 Å². The lowest BCUT2D eigenvalue weighted by atomic mass is 10.2. The van der Waals surface area contributed by atoms with E-state index in [1.165, 1.54) is 13.3 Å². The van der Waals surface area contributed by atoms with Crippen LogP contribution in [-0.2, 0) is 11.0 Å². The Morgan fingerprint density at radius 3 is 2.63 bits per heavy atom. The largest absolute Gasteiger partial charge is 0.481 e. The molecule has 9 nitrogen and oxygen atoms in total. The maximum atomic E-state index is 12.5. The number of anilines is 2. The Morgan fingerprint density at radius 1 is 1.23 bits per heavy atom. The summed E-state index contributed by atoms with van der Waals surface area (Å²) in [4.78, 5) is 28.2. The van der Waals surface area contributed by atoms with Gasteiger partial charge in [-0.15, -0.1) is 0 Å². The van der Waals surface area contributed by atoms with Gasteiger partial charge in [0.15, 0.2) is 11.0 Å². The lowest BCUT2D eigenvalue weighted by Gasteiger charge is -2.08. The van der Waals surface area contributed by atoms with Crippen molar-refractivity contribution in [2.24, 2.45) is 0 Å². The zero-order valence-corrected chi connectivity index (χ0v) is 17.2. The zero-order chi connectivity index (χ0) is 21.7. The van der Waals surface area contributed by atoms with Crippen LogP contribution < -0.4 is 14.8 Å². The van der Waals surface area contributed by atoms with E-state index in [2.05, 4.69) is 43.1 Å². The van der Waals surface area contributed by atoms with Crippen LogP contribution in [0, 0.1) is 6.92 Å². The summed E-state index contributed by atoms with van der Waals surface area (Å²) < 4.78 is 20.3. The molecule has 3 rings (SSSR count). The van der Waals surface area contributed by atoms with Crippen LogP contribution in [0.5, 0.6) is 5.88 Å². The highest BCUT2D eigenvalue weighted by atomic mass is 32.2. The fourth-order valence-corrected chi connectivity index (χ4v) is 3.24. The highest BCUT2D eigenvalue weighted by Gasteiger charge is 2.13. The molecule has 0 radical (unpaired) electrons. The molecule has 154 valence electrons. The van der Waals surface area contributed by atoms with Gasteiger partial charge in [0.2, 0.25) is 11.8 Å². The second-order valence-corrected chi connectivity index (χ2v) is 7.25. The molecule has 1 unspecified atom stereocenters. The molecule has 0 aliphatic heterocycles. The molecule has 3 aromatic rings. The molecule has 3 N–H and O–H groups in total. The molecule has 0 saturated carbocycles. The maximum absolute atomic E-state index is 12.5. The molecule has 3 aromatic heterocycles. The van der Waals surface area contributed by atoms with Crippen molar-refractivity contribution in [3.8, 4) is 5.88 Å². The monoisotopic (exact) mass is 424 g/mol. The number of rotatable bonds is 8. The predicted molar refractivity (Wildman–Crippen MR) is 117 cm³/mol. The summed E-state index contributed by atoms with van der Waals surface area (Å²) in [6.45, 7) is 9.17. The predicted octanol–water partition coefficient (Wildman–Crippen LogP) is 3.19. The van der Waals surface area contributed by atoms with E-state index in [4.69, 9.17) is 4.74 Å². The standard InChI is InChI=1S/C20H20N6O3S/c1-5-13-10-16(23-15(13)6-2)19(27)24-17-8-7-14(11-21-17)30(28)26-20-22-12(3)9-18(25-20)29-4/h5-11,23H,1-2H2,3-4H3,(H,21,24,27)(H,22,25,26). The number of nitrogens with one attached hydrogen (secondary N) is 3. The van der Waals surface area contributed by atoms with Crippen LogP contribution in [0.1, 0.15) is 27.4 Å². The second-order valence-electron chi connectivity index (χ2n) is 6.04. The van der Waals surface area contributed by atoms with Crippen LogP contribution in [-0.4, -0.2) is 37.2 Å². The van der Waals surface area contributed by atoms with Crippen molar-refractivity contribution in [2.45, 2.75) is 11.8 Å². The molecule has 10 heteroatoms. The number of methoxy groups -OCH3 is 1. The van der Waals surface area contributed by atoms with Crippen LogP contribution in [0.2, 0.25) is 0 Å². The van der Waals surface area contributed by atoms with Crippen molar-refractivity contribution in [1.82, 2.24) is 19.9 Å². The molecule has 0 aliphatic carbocycles. The van der Waals surface area contributed by atoms with Gasteiger partial charge in [-0.2, -0.15) is 4.98 Å². The van der Waals surface area contributed by atoms with E-state index in [9.17, 15) is 9.00 Å². The Kier molecular flexibility index (Phi) is 6.38. The normalized spacial score (nSPS) is 11.4. The molecular formula is C20H20N6O3S. The number of hydrogen-bond donors (Lipinski definition) is 3. The summed E-state index contributed by atoms with van der Waals surface area (Å²) in [7, 11) is -0.157. The lowest BCUT2D eigenvalue weighted by Crippen LogP contribution is -2.14. The van der Waals surface area contributed by atoms with E-state index in [-0.39, 0.29) is 11.9 Å². The van der Waals surface area contributed by atoms with E-state index in [0.717, 1.165) is 5.56 Å². The molecule has 30 heavy (non-hydrogen) atoms. The Balaban J connectivity index is 1.68. The molecule has 0 fully saturated rings. The summed E-state index contributed by atoms with van der Waals surface area (Å²) >= 11 is 0. The number of pyridine rings is 1. The van der Waals surface area contributed by atoms with E-state index < -0.39 is 11.0 Å². The third-order valence-corrected chi connectivity index (χ3v) is 5.00. The Hall–Kier alpha value is -3.79. The van der Waals surface area contributed by atoms with Crippen molar-refractivity contribution in [3.05, 3.63) is 66.3 Å². The number of H-pyrrole nitrogens is 1. The highest BCUT2D eigenvalue weighted by Crippen LogP contribution is 2.17. The van der Waals surface area contributed by atoms with Crippen molar-refractivity contribution in [2.75, 3.05) is 17.1 Å². The van der Waals surface area contributed by atoms with Gasteiger partial charge in [0, 0.05) is 23.7 Å². The average molecular weight is 424 g/mol. The summed E-state index contributed by atoms with van der Waals surface area (Å²) in [6, 6.07) is 6.46. The Labute approximate surface area is 175 Å². The number of aryl methyl sites for hydroxylation is 1. The molecule has 0 saturated heterocycles. The molecule has 0 spiro atoms. The number of hydrogen-bond acceptors (Lipinski definition) is 6. The first-order chi connectivity index (χ1) is 14.4.